The highest BCUT2D eigenvalue weighted by Gasteiger charge is 2.27. The minimum Gasteiger partial charge on any atom is -0.427 e. The monoisotopic (exact) mass is 265 g/mol. The first-order chi connectivity index (χ1) is 8.65. The Morgan fingerprint density at radius 1 is 1.28 bits per heavy atom. The van der Waals surface area contributed by atoms with Gasteiger partial charge in [-0.25, -0.2) is 0 Å². The summed E-state index contributed by atoms with van der Waals surface area (Å²) in [4.78, 5) is 23.0. The summed E-state index contributed by atoms with van der Waals surface area (Å²) in [6.07, 6.45) is 2.51. The highest BCUT2D eigenvalue weighted by Crippen LogP contribution is 2.18. The number of carbonyl (C=O) groups excluding carboxylic acids is 2. The van der Waals surface area contributed by atoms with Crippen LogP contribution in [0.1, 0.15) is 30.1 Å². The molecule has 1 aromatic rings. The van der Waals surface area contributed by atoms with E-state index in [0.717, 1.165) is 0 Å². The summed E-state index contributed by atoms with van der Waals surface area (Å²) in [5, 5.41) is 0. The van der Waals surface area contributed by atoms with E-state index >= 15 is 0 Å². The third-order valence-corrected chi connectivity index (χ3v) is 5.27. The van der Waals surface area contributed by atoms with Gasteiger partial charge in [-0.1, -0.05) is 12.1 Å². The number of ketones is 1. The lowest BCUT2D eigenvalue weighted by molar-refractivity contribution is -0.131. The summed E-state index contributed by atoms with van der Waals surface area (Å²) in [5.74, 6) is 3.27. The average molecular weight is 265 g/mol. The van der Waals surface area contributed by atoms with Gasteiger partial charge in [-0.15, -0.1) is 0 Å². The maximum atomic E-state index is 12.1. The molecule has 0 atom stereocenters. The Hall–Kier alpha value is -1.29. The number of hydrogen-bond donors (Lipinski definition) is 0. The van der Waals surface area contributed by atoms with E-state index in [1.165, 1.54) is 31.3 Å². The second-order valence-corrected chi connectivity index (χ2v) is 6.75. The summed E-state index contributed by atoms with van der Waals surface area (Å²) in [6.45, 7) is 1.36. The zero-order valence-corrected chi connectivity index (χ0v) is 11.3. The largest absolute Gasteiger partial charge is 0.427 e. The van der Waals surface area contributed by atoms with Gasteiger partial charge in [-0.3, -0.25) is 9.59 Å². The van der Waals surface area contributed by atoms with E-state index in [1.807, 2.05) is 0 Å². The second-order valence-electron chi connectivity index (χ2n) is 4.42. The van der Waals surface area contributed by atoms with Crippen molar-refractivity contribution in [1.29, 1.82) is 0 Å². The van der Waals surface area contributed by atoms with Crippen LogP contribution in [0.2, 0.25) is 0 Å². The van der Waals surface area contributed by atoms with E-state index in [-0.39, 0.29) is 22.6 Å². The van der Waals surface area contributed by atoms with Crippen LogP contribution in [0, 0.1) is 0 Å². The summed E-state index contributed by atoms with van der Waals surface area (Å²) in [6, 6.07) is 6.89. The van der Waals surface area contributed by atoms with Crippen molar-refractivity contribution in [2.45, 2.75) is 19.8 Å². The third-order valence-electron chi connectivity index (χ3n) is 2.87. The van der Waals surface area contributed by atoms with Crippen LogP contribution in [-0.2, 0) is 15.7 Å². The predicted octanol–water partition coefficient (Wildman–Crippen LogP) is 2.21. The number of carbonyl (C=O) groups is 2. The molecule has 1 saturated heterocycles. The molecule has 0 saturated carbocycles. The maximum Gasteiger partial charge on any atom is 0.308 e. The molecule has 0 amide bonds. The number of Topliss-reactive ketones (excluding diaryl/α,β-unsaturated/α-hetero) is 1. The van der Waals surface area contributed by atoms with Gasteiger partial charge in [0.2, 0.25) is 5.78 Å². The molecule has 3 nitrogen and oxygen atoms in total. The molecular formula is C14H17O3S+. The fourth-order valence-electron chi connectivity index (χ4n) is 2.03. The van der Waals surface area contributed by atoms with Gasteiger partial charge in [0.15, 0.2) is 5.75 Å². The highest BCUT2D eigenvalue weighted by molar-refractivity contribution is 7.97. The molecule has 18 heavy (non-hydrogen) atoms. The minimum atomic E-state index is -0.364. The van der Waals surface area contributed by atoms with Crippen LogP contribution >= 0.6 is 0 Å². The molecule has 2 rings (SSSR count). The summed E-state index contributed by atoms with van der Waals surface area (Å²) in [5.41, 5.74) is 0.646. The molecule has 1 aromatic carbocycles. The molecule has 0 radical (unpaired) electrons. The lowest BCUT2D eigenvalue weighted by Gasteiger charge is -2.04. The van der Waals surface area contributed by atoms with E-state index in [1.54, 1.807) is 24.3 Å². The number of hydrogen-bond acceptors (Lipinski definition) is 3. The molecule has 0 spiro atoms. The first-order valence-corrected chi connectivity index (χ1v) is 7.84. The smallest absolute Gasteiger partial charge is 0.308 e. The summed E-state index contributed by atoms with van der Waals surface area (Å²) >= 11 is 0. The van der Waals surface area contributed by atoms with Crippen molar-refractivity contribution in [3.63, 3.8) is 0 Å². The van der Waals surface area contributed by atoms with Crippen LogP contribution in [0.3, 0.4) is 0 Å². The quantitative estimate of drug-likeness (QED) is 0.363. The van der Waals surface area contributed by atoms with Crippen molar-refractivity contribution >= 4 is 22.6 Å². The number of rotatable bonds is 4. The van der Waals surface area contributed by atoms with Gasteiger partial charge in [0.1, 0.15) is 17.3 Å². The zero-order valence-electron chi connectivity index (χ0n) is 10.5. The Kier molecular flexibility index (Phi) is 4.42. The Bertz CT molecular complexity index is 450. The Morgan fingerprint density at radius 2 is 2.00 bits per heavy atom. The molecule has 1 aliphatic rings. The first-order valence-electron chi connectivity index (χ1n) is 6.11. The zero-order chi connectivity index (χ0) is 13.0. The molecule has 0 aliphatic carbocycles. The molecule has 0 N–H and O–H groups in total. The fourth-order valence-corrected chi connectivity index (χ4v) is 4.28. The van der Waals surface area contributed by atoms with Crippen molar-refractivity contribution < 1.29 is 14.3 Å². The molecular weight excluding hydrogens is 248 g/mol. The Labute approximate surface area is 110 Å². The molecule has 1 heterocycles. The lowest BCUT2D eigenvalue weighted by atomic mass is 10.1. The first kappa shape index (κ1) is 13.1. The molecule has 1 aliphatic heterocycles. The Morgan fingerprint density at radius 3 is 2.67 bits per heavy atom. The van der Waals surface area contributed by atoms with E-state index in [9.17, 15) is 9.59 Å². The highest BCUT2D eigenvalue weighted by atomic mass is 32.2. The van der Waals surface area contributed by atoms with Gasteiger partial charge in [0.05, 0.1) is 0 Å². The topological polar surface area (TPSA) is 43.4 Å². The summed E-state index contributed by atoms with van der Waals surface area (Å²) in [7, 11) is 0.267. The Balaban J connectivity index is 2.02. The molecule has 1 fully saturated rings. The average Bonchev–Trinajstić information content (AvgIpc) is 2.81. The van der Waals surface area contributed by atoms with Crippen molar-refractivity contribution in [3.05, 3.63) is 29.8 Å². The summed E-state index contributed by atoms with van der Waals surface area (Å²) < 4.78 is 4.99. The number of benzene rings is 1. The van der Waals surface area contributed by atoms with Crippen LogP contribution in [0.15, 0.2) is 24.3 Å². The SMILES string of the molecule is CC(=O)Oc1cccc(C(=O)C[S+]2CCCC2)c1. The van der Waals surface area contributed by atoms with Gasteiger partial charge < -0.3 is 4.74 Å². The normalized spacial score (nSPS) is 15.6. The van der Waals surface area contributed by atoms with Crippen LogP contribution in [0.25, 0.3) is 0 Å². The van der Waals surface area contributed by atoms with E-state index in [2.05, 4.69) is 0 Å². The molecule has 0 unspecified atom stereocenters. The third kappa shape index (κ3) is 3.60. The van der Waals surface area contributed by atoms with Crippen molar-refractivity contribution in [2.24, 2.45) is 0 Å². The van der Waals surface area contributed by atoms with Gasteiger partial charge in [-0.2, -0.15) is 0 Å². The maximum absolute atomic E-state index is 12.1. The second kappa shape index (κ2) is 6.05. The fraction of sp³-hybridized carbons (Fsp3) is 0.429. The van der Waals surface area contributed by atoms with Crippen molar-refractivity contribution in [3.8, 4) is 5.75 Å². The standard InChI is InChI=1S/C14H17O3S/c1-11(15)17-13-6-4-5-12(9-13)14(16)10-18-7-2-3-8-18/h4-6,9H,2-3,7-8,10H2,1H3/q+1. The lowest BCUT2D eigenvalue weighted by Crippen LogP contribution is -2.18. The van der Waals surface area contributed by atoms with E-state index in [0.29, 0.717) is 17.1 Å². The molecule has 96 valence electrons. The minimum absolute atomic E-state index is 0.161. The van der Waals surface area contributed by atoms with E-state index < -0.39 is 0 Å². The molecule has 4 heteroatoms. The van der Waals surface area contributed by atoms with Crippen LogP contribution in [0.4, 0.5) is 0 Å². The van der Waals surface area contributed by atoms with E-state index in [4.69, 9.17) is 4.74 Å². The van der Waals surface area contributed by atoms with Crippen molar-refractivity contribution in [1.82, 2.24) is 0 Å². The molecule has 0 bridgehead atoms. The van der Waals surface area contributed by atoms with Crippen LogP contribution in [0.5, 0.6) is 5.75 Å². The number of esters is 1. The van der Waals surface area contributed by atoms with Crippen LogP contribution < -0.4 is 4.74 Å². The van der Waals surface area contributed by atoms with Crippen LogP contribution in [-0.4, -0.2) is 29.0 Å². The van der Waals surface area contributed by atoms with Gasteiger partial charge in [0.25, 0.3) is 0 Å². The molecule has 0 aromatic heterocycles. The van der Waals surface area contributed by atoms with Gasteiger partial charge in [0, 0.05) is 12.5 Å². The predicted molar refractivity (Wildman–Crippen MR) is 73.3 cm³/mol. The van der Waals surface area contributed by atoms with Gasteiger partial charge >= 0.3 is 5.97 Å². The van der Waals surface area contributed by atoms with Crippen molar-refractivity contribution in [2.75, 3.05) is 17.3 Å². The number of ether oxygens (including phenoxy) is 1. The van der Waals surface area contributed by atoms with Gasteiger partial charge in [-0.05, 0) is 35.9 Å².